The average Bonchev–Trinajstić information content (AvgIpc) is 3.13. The molecule has 1 aliphatic rings. The molecule has 21 heavy (non-hydrogen) atoms. The van der Waals surface area contributed by atoms with Gasteiger partial charge in [-0.1, -0.05) is 6.92 Å². The Labute approximate surface area is 129 Å². The van der Waals surface area contributed by atoms with Crippen LogP contribution in [0.3, 0.4) is 0 Å². The van der Waals surface area contributed by atoms with Gasteiger partial charge in [-0.3, -0.25) is 4.79 Å². The molecule has 1 heterocycles. The number of nitrogen functional groups attached to an aromatic ring is 1. The molecule has 0 spiro atoms. The van der Waals surface area contributed by atoms with Gasteiger partial charge in [-0.15, -0.1) is 11.3 Å². The molecule has 7 heteroatoms. The van der Waals surface area contributed by atoms with Crippen molar-refractivity contribution in [1.29, 1.82) is 0 Å². The number of hydrogen-bond donors (Lipinski definition) is 2. The molecular formula is C14H22N2O3S2. The van der Waals surface area contributed by atoms with Crippen LogP contribution in [0.4, 0.5) is 10.7 Å². The highest BCUT2D eigenvalue weighted by atomic mass is 32.2. The number of carbonyl (C=O) groups excluding carboxylic acids is 1. The summed E-state index contributed by atoms with van der Waals surface area (Å²) in [5.41, 5.74) is 5.83. The first-order valence-electron chi connectivity index (χ1n) is 7.01. The van der Waals surface area contributed by atoms with Gasteiger partial charge < -0.3 is 11.1 Å². The van der Waals surface area contributed by atoms with Crippen molar-refractivity contribution in [3.8, 4) is 0 Å². The summed E-state index contributed by atoms with van der Waals surface area (Å²) >= 11 is 1.15. The van der Waals surface area contributed by atoms with Crippen LogP contribution in [0.25, 0.3) is 0 Å². The molecule has 118 valence electrons. The Bertz CT molecular complexity index is 671. The van der Waals surface area contributed by atoms with E-state index in [1.807, 2.05) is 13.8 Å². The number of carbonyl (C=O) groups is 1. The maximum atomic E-state index is 12.0. The molecule has 0 aromatic carbocycles. The molecule has 2 rings (SSSR count). The molecule has 1 aromatic rings. The van der Waals surface area contributed by atoms with Crippen LogP contribution >= 0.6 is 11.3 Å². The lowest BCUT2D eigenvalue weighted by Crippen LogP contribution is -2.33. The molecule has 0 radical (unpaired) electrons. The van der Waals surface area contributed by atoms with Gasteiger partial charge in [0.2, 0.25) is 0 Å². The summed E-state index contributed by atoms with van der Waals surface area (Å²) in [7, 11) is -3.49. The van der Waals surface area contributed by atoms with Gasteiger partial charge in [-0.25, -0.2) is 8.42 Å². The molecule has 0 aliphatic heterocycles. The Morgan fingerprint density at radius 1 is 1.43 bits per heavy atom. The van der Waals surface area contributed by atoms with E-state index < -0.39 is 9.84 Å². The quantitative estimate of drug-likeness (QED) is 0.783. The van der Waals surface area contributed by atoms with Crippen molar-refractivity contribution >= 4 is 37.6 Å². The van der Waals surface area contributed by atoms with Gasteiger partial charge in [0.15, 0.2) is 15.6 Å². The fourth-order valence-electron chi connectivity index (χ4n) is 2.45. The van der Waals surface area contributed by atoms with Crippen LogP contribution in [0.15, 0.2) is 4.90 Å². The van der Waals surface area contributed by atoms with Crippen molar-refractivity contribution in [3.63, 3.8) is 0 Å². The monoisotopic (exact) mass is 330 g/mol. The number of hydrogen-bond acceptors (Lipinski definition) is 6. The summed E-state index contributed by atoms with van der Waals surface area (Å²) in [4.78, 5) is 12.4. The third-order valence-electron chi connectivity index (χ3n) is 3.88. The van der Waals surface area contributed by atoms with Crippen LogP contribution in [0.1, 0.15) is 49.7 Å². The number of Topliss-reactive ketones (excluding diaryl/α,β-unsaturated/α-hetero) is 1. The zero-order valence-electron chi connectivity index (χ0n) is 12.8. The SMILES string of the molecule is CCC(=O)c1sc(NC(C)(C)C2CC2)c(S(C)(=O)=O)c1N. The maximum absolute atomic E-state index is 12.0. The van der Waals surface area contributed by atoms with Crippen LogP contribution in [-0.2, 0) is 9.84 Å². The van der Waals surface area contributed by atoms with Crippen molar-refractivity contribution in [3.05, 3.63) is 4.88 Å². The van der Waals surface area contributed by atoms with E-state index in [0.717, 1.165) is 30.4 Å². The van der Waals surface area contributed by atoms with Gasteiger partial charge in [0.25, 0.3) is 0 Å². The van der Waals surface area contributed by atoms with E-state index in [4.69, 9.17) is 5.73 Å². The molecule has 1 aliphatic carbocycles. The Kier molecular flexibility index (Phi) is 4.10. The van der Waals surface area contributed by atoms with E-state index in [1.54, 1.807) is 6.92 Å². The van der Waals surface area contributed by atoms with Crippen molar-refractivity contribution in [1.82, 2.24) is 0 Å². The first-order chi connectivity index (χ1) is 9.58. The molecule has 3 N–H and O–H groups in total. The number of thiophene rings is 1. The molecule has 0 atom stereocenters. The molecule has 0 bridgehead atoms. The minimum absolute atomic E-state index is 0.0676. The summed E-state index contributed by atoms with van der Waals surface area (Å²) < 4.78 is 24.1. The van der Waals surface area contributed by atoms with Gasteiger partial charge in [-0.2, -0.15) is 0 Å². The lowest BCUT2D eigenvalue weighted by Gasteiger charge is -2.27. The van der Waals surface area contributed by atoms with Gasteiger partial charge in [0.05, 0.1) is 10.6 Å². The first-order valence-corrected chi connectivity index (χ1v) is 9.72. The minimum Gasteiger partial charge on any atom is -0.396 e. The van der Waals surface area contributed by atoms with Crippen LogP contribution in [-0.4, -0.2) is 26.0 Å². The summed E-state index contributed by atoms with van der Waals surface area (Å²) in [6, 6.07) is 0. The highest BCUT2D eigenvalue weighted by molar-refractivity contribution is 7.91. The van der Waals surface area contributed by atoms with Crippen LogP contribution < -0.4 is 11.1 Å². The third-order valence-corrected chi connectivity index (χ3v) is 6.34. The minimum atomic E-state index is -3.49. The zero-order chi connectivity index (χ0) is 16.0. The average molecular weight is 330 g/mol. The highest BCUT2D eigenvalue weighted by Gasteiger charge is 2.39. The Morgan fingerprint density at radius 2 is 2.00 bits per heavy atom. The molecule has 1 saturated carbocycles. The largest absolute Gasteiger partial charge is 0.396 e. The Hall–Kier alpha value is -1.08. The molecule has 5 nitrogen and oxygen atoms in total. The Morgan fingerprint density at radius 3 is 2.43 bits per heavy atom. The summed E-state index contributed by atoms with van der Waals surface area (Å²) in [6.45, 7) is 5.84. The first kappa shape index (κ1) is 16.3. The lowest BCUT2D eigenvalue weighted by molar-refractivity contribution is 0.0992. The van der Waals surface area contributed by atoms with Gasteiger partial charge in [-0.05, 0) is 32.6 Å². The van der Waals surface area contributed by atoms with E-state index in [1.165, 1.54) is 0 Å². The predicted molar refractivity (Wildman–Crippen MR) is 86.9 cm³/mol. The standard InChI is InChI=1S/C14H22N2O3S2/c1-5-9(17)11-10(15)12(21(4,18)19)13(20-11)16-14(2,3)8-6-7-8/h8,16H,5-7,15H2,1-4H3. The number of sulfone groups is 1. The summed E-state index contributed by atoms with van der Waals surface area (Å²) in [6.07, 6.45) is 3.70. The van der Waals surface area contributed by atoms with Gasteiger partial charge in [0, 0.05) is 18.2 Å². The molecule has 0 saturated heterocycles. The highest BCUT2D eigenvalue weighted by Crippen LogP contribution is 2.46. The van der Waals surface area contributed by atoms with Crippen molar-refractivity contribution in [2.75, 3.05) is 17.3 Å². The fourth-order valence-corrected chi connectivity index (χ4v) is 5.17. The molecule has 0 amide bonds. The molecule has 1 fully saturated rings. The molecular weight excluding hydrogens is 308 g/mol. The number of ketones is 1. The second kappa shape index (κ2) is 5.28. The van der Waals surface area contributed by atoms with E-state index in [0.29, 0.717) is 22.2 Å². The number of anilines is 2. The van der Waals surface area contributed by atoms with Gasteiger partial charge >= 0.3 is 0 Å². The number of nitrogens with two attached hydrogens (primary N) is 1. The van der Waals surface area contributed by atoms with Crippen molar-refractivity contribution < 1.29 is 13.2 Å². The number of rotatable bonds is 6. The molecule has 0 unspecified atom stereocenters. The third kappa shape index (κ3) is 3.23. The molecule has 1 aromatic heterocycles. The van der Waals surface area contributed by atoms with E-state index in [9.17, 15) is 13.2 Å². The Balaban J connectivity index is 2.51. The second-order valence-electron chi connectivity index (χ2n) is 6.17. The van der Waals surface area contributed by atoms with E-state index in [-0.39, 0.29) is 21.9 Å². The fraction of sp³-hybridized carbons (Fsp3) is 0.643. The van der Waals surface area contributed by atoms with E-state index in [2.05, 4.69) is 5.32 Å². The van der Waals surface area contributed by atoms with E-state index >= 15 is 0 Å². The van der Waals surface area contributed by atoms with Crippen LogP contribution in [0.5, 0.6) is 0 Å². The maximum Gasteiger partial charge on any atom is 0.180 e. The van der Waals surface area contributed by atoms with Crippen molar-refractivity contribution in [2.24, 2.45) is 5.92 Å². The summed E-state index contributed by atoms with van der Waals surface area (Å²) in [5, 5.41) is 3.79. The smallest absolute Gasteiger partial charge is 0.180 e. The normalized spacial score (nSPS) is 16.0. The summed E-state index contributed by atoms with van der Waals surface area (Å²) in [5.74, 6) is 0.401. The number of nitrogens with one attached hydrogen (secondary N) is 1. The zero-order valence-corrected chi connectivity index (χ0v) is 14.5. The van der Waals surface area contributed by atoms with Crippen molar-refractivity contribution in [2.45, 2.75) is 50.5 Å². The van der Waals surface area contributed by atoms with Gasteiger partial charge in [0.1, 0.15) is 9.90 Å². The van der Waals surface area contributed by atoms with Crippen LogP contribution in [0.2, 0.25) is 0 Å². The van der Waals surface area contributed by atoms with Crippen LogP contribution in [0, 0.1) is 5.92 Å². The lowest BCUT2D eigenvalue weighted by atomic mass is 9.99. The topological polar surface area (TPSA) is 89.3 Å². The second-order valence-corrected chi connectivity index (χ2v) is 9.15. The predicted octanol–water partition coefficient (Wildman–Crippen LogP) is 2.93.